The Kier molecular flexibility index (Phi) is 5.79. The number of ketones is 1. The molecule has 0 aromatic heterocycles. The Balaban J connectivity index is 1.54. The van der Waals surface area contributed by atoms with Gasteiger partial charge in [-0.2, -0.15) is 0 Å². The molecule has 1 saturated carbocycles. The quantitative estimate of drug-likeness (QED) is 0.632. The summed E-state index contributed by atoms with van der Waals surface area (Å²) in [5.74, 6) is -0.550. The molecule has 0 unspecified atom stereocenters. The lowest BCUT2D eigenvalue weighted by atomic mass is 9.71. The zero-order valence-corrected chi connectivity index (χ0v) is 18.8. The Morgan fingerprint density at radius 3 is 2.36 bits per heavy atom. The average molecular weight is 444 g/mol. The first kappa shape index (κ1) is 21.5. The molecule has 5 nitrogen and oxygen atoms in total. The third kappa shape index (κ3) is 4.20. The number of rotatable bonds is 4. The van der Waals surface area contributed by atoms with Crippen molar-refractivity contribution in [3.05, 3.63) is 88.3 Å². The lowest BCUT2D eigenvalue weighted by Gasteiger charge is -2.37. The fourth-order valence-electron chi connectivity index (χ4n) is 5.49. The Labute approximate surface area is 194 Å². The molecule has 0 bridgehead atoms. The number of ether oxygens (including phenoxy) is 1. The number of dihydropyridines is 1. The second-order valence-corrected chi connectivity index (χ2v) is 9.33. The third-order valence-electron chi connectivity index (χ3n) is 7.12. The van der Waals surface area contributed by atoms with Gasteiger partial charge in [0, 0.05) is 29.3 Å². The van der Waals surface area contributed by atoms with E-state index in [-0.39, 0.29) is 29.5 Å². The molecule has 2 aromatic carbocycles. The predicted molar refractivity (Wildman–Crippen MR) is 125 cm³/mol. The standard InChI is InChI=1S/C28H29NO4/c1-17-25(28(32)33-22-9-5-6-10-22)26(19-11-13-21(30)14-12-19)27-23(29-17)15-20(16-24(27)31)18-7-3-2-4-8-18/h2-4,7-8,11-14,20,22,26,29-30H,5-6,9-10,15-16H2,1H3/t20-,26+/m1/s1. The number of esters is 1. The summed E-state index contributed by atoms with van der Waals surface area (Å²) in [5, 5.41) is 13.2. The molecule has 0 saturated heterocycles. The normalized spacial score (nSPS) is 23.4. The molecule has 1 aliphatic heterocycles. The summed E-state index contributed by atoms with van der Waals surface area (Å²) >= 11 is 0. The highest BCUT2D eigenvalue weighted by molar-refractivity contribution is 6.04. The van der Waals surface area contributed by atoms with Crippen molar-refractivity contribution in [1.29, 1.82) is 0 Å². The molecule has 0 radical (unpaired) electrons. The maximum Gasteiger partial charge on any atom is 0.337 e. The summed E-state index contributed by atoms with van der Waals surface area (Å²) in [4.78, 5) is 26.9. The first-order valence-electron chi connectivity index (χ1n) is 11.8. The van der Waals surface area contributed by atoms with Crippen LogP contribution in [0.5, 0.6) is 5.75 Å². The Morgan fingerprint density at radius 1 is 0.970 bits per heavy atom. The van der Waals surface area contributed by atoms with Gasteiger partial charge in [0.2, 0.25) is 0 Å². The average Bonchev–Trinajstić information content (AvgIpc) is 3.32. The van der Waals surface area contributed by atoms with Crippen LogP contribution in [0.25, 0.3) is 0 Å². The monoisotopic (exact) mass is 443 g/mol. The number of phenolic OH excluding ortho intramolecular Hbond substituents is 1. The van der Waals surface area contributed by atoms with E-state index in [1.165, 1.54) is 0 Å². The molecule has 170 valence electrons. The fraction of sp³-hybridized carbons (Fsp3) is 0.357. The molecule has 1 fully saturated rings. The van der Waals surface area contributed by atoms with Crippen molar-refractivity contribution < 1.29 is 19.4 Å². The molecule has 2 N–H and O–H groups in total. The van der Waals surface area contributed by atoms with Gasteiger partial charge in [-0.3, -0.25) is 4.79 Å². The van der Waals surface area contributed by atoms with Crippen molar-refractivity contribution in [3.63, 3.8) is 0 Å². The van der Waals surface area contributed by atoms with E-state index >= 15 is 0 Å². The molecule has 0 spiro atoms. The number of Topliss-reactive ketones (excluding diaryl/α,β-unsaturated/α-hetero) is 1. The minimum Gasteiger partial charge on any atom is -0.508 e. The Bertz CT molecular complexity index is 1120. The Morgan fingerprint density at radius 2 is 1.67 bits per heavy atom. The highest BCUT2D eigenvalue weighted by Crippen LogP contribution is 2.46. The maximum atomic E-state index is 13.6. The van der Waals surface area contributed by atoms with E-state index in [4.69, 9.17) is 4.74 Å². The molecule has 2 aromatic rings. The van der Waals surface area contributed by atoms with Crippen LogP contribution in [0.1, 0.15) is 68.4 Å². The van der Waals surface area contributed by atoms with Crippen molar-refractivity contribution in [2.75, 3.05) is 0 Å². The number of carbonyl (C=O) groups excluding carboxylic acids is 2. The van der Waals surface area contributed by atoms with Gasteiger partial charge in [0.25, 0.3) is 0 Å². The van der Waals surface area contributed by atoms with Crippen LogP contribution in [-0.2, 0) is 14.3 Å². The van der Waals surface area contributed by atoms with Crippen LogP contribution < -0.4 is 5.32 Å². The molecule has 3 aliphatic rings. The van der Waals surface area contributed by atoms with Crippen LogP contribution in [0.2, 0.25) is 0 Å². The first-order chi connectivity index (χ1) is 16.0. The number of hydrogen-bond donors (Lipinski definition) is 2. The van der Waals surface area contributed by atoms with Crippen molar-refractivity contribution >= 4 is 11.8 Å². The van der Waals surface area contributed by atoms with E-state index in [1.807, 2.05) is 25.1 Å². The van der Waals surface area contributed by atoms with Crippen LogP contribution in [-0.4, -0.2) is 23.0 Å². The van der Waals surface area contributed by atoms with Crippen LogP contribution in [0.15, 0.2) is 77.1 Å². The second kappa shape index (κ2) is 8.89. The molecule has 5 heteroatoms. The van der Waals surface area contributed by atoms with Gasteiger partial charge in [-0.1, -0.05) is 42.5 Å². The highest BCUT2D eigenvalue weighted by Gasteiger charge is 2.42. The number of aromatic hydroxyl groups is 1. The zero-order valence-electron chi connectivity index (χ0n) is 18.8. The number of benzene rings is 2. The lowest BCUT2D eigenvalue weighted by Crippen LogP contribution is -2.36. The van der Waals surface area contributed by atoms with Gasteiger partial charge in [-0.05, 0) is 68.2 Å². The number of nitrogens with one attached hydrogen (secondary N) is 1. The second-order valence-electron chi connectivity index (χ2n) is 9.33. The topological polar surface area (TPSA) is 75.6 Å². The number of allylic oxidation sites excluding steroid dienone is 3. The van der Waals surface area contributed by atoms with Crippen LogP contribution in [0.4, 0.5) is 0 Å². The predicted octanol–water partition coefficient (Wildman–Crippen LogP) is 5.24. The minimum atomic E-state index is -0.500. The van der Waals surface area contributed by atoms with Crippen LogP contribution in [0, 0.1) is 0 Å². The largest absolute Gasteiger partial charge is 0.508 e. The molecule has 5 rings (SSSR count). The summed E-state index contributed by atoms with van der Waals surface area (Å²) < 4.78 is 5.88. The molecule has 2 atom stereocenters. The minimum absolute atomic E-state index is 0.0503. The maximum absolute atomic E-state index is 13.6. The smallest absolute Gasteiger partial charge is 0.337 e. The van der Waals surface area contributed by atoms with Gasteiger partial charge in [0.05, 0.1) is 5.57 Å². The molecular formula is C28H29NO4. The van der Waals surface area contributed by atoms with Crippen molar-refractivity contribution in [2.24, 2.45) is 0 Å². The molecule has 2 aliphatic carbocycles. The zero-order chi connectivity index (χ0) is 22.9. The van der Waals surface area contributed by atoms with Gasteiger partial charge in [-0.25, -0.2) is 4.79 Å². The summed E-state index contributed by atoms with van der Waals surface area (Å²) in [5.41, 5.74) is 4.72. The van der Waals surface area contributed by atoms with Gasteiger partial charge in [-0.15, -0.1) is 0 Å². The molecule has 1 heterocycles. The van der Waals surface area contributed by atoms with E-state index in [9.17, 15) is 14.7 Å². The number of phenols is 1. The van der Waals surface area contributed by atoms with Gasteiger partial charge >= 0.3 is 5.97 Å². The lowest BCUT2D eigenvalue weighted by molar-refractivity contribution is -0.144. The van der Waals surface area contributed by atoms with Gasteiger partial charge in [0.1, 0.15) is 11.9 Å². The number of carbonyl (C=O) groups is 2. The fourth-order valence-corrected chi connectivity index (χ4v) is 5.49. The van der Waals surface area contributed by atoms with Gasteiger partial charge in [0.15, 0.2) is 5.78 Å². The van der Waals surface area contributed by atoms with E-state index < -0.39 is 5.92 Å². The van der Waals surface area contributed by atoms with E-state index in [2.05, 4.69) is 17.4 Å². The van der Waals surface area contributed by atoms with Gasteiger partial charge < -0.3 is 15.2 Å². The molecule has 0 amide bonds. The number of hydrogen-bond acceptors (Lipinski definition) is 5. The van der Waals surface area contributed by atoms with E-state index in [1.54, 1.807) is 24.3 Å². The highest BCUT2D eigenvalue weighted by atomic mass is 16.5. The van der Waals surface area contributed by atoms with Crippen molar-refractivity contribution in [2.45, 2.75) is 63.4 Å². The summed E-state index contributed by atoms with van der Waals surface area (Å²) in [6.07, 6.45) is 4.99. The molecular weight excluding hydrogens is 414 g/mol. The summed E-state index contributed by atoms with van der Waals surface area (Å²) in [6, 6.07) is 16.9. The SMILES string of the molecule is CC1=C(C(=O)OC2CCCC2)[C@H](c2ccc(O)cc2)C2=C(C[C@@H](c3ccccc3)CC2=O)N1. The van der Waals surface area contributed by atoms with E-state index in [0.717, 1.165) is 48.2 Å². The summed E-state index contributed by atoms with van der Waals surface area (Å²) in [6.45, 7) is 1.89. The Hall–Kier alpha value is -3.34. The van der Waals surface area contributed by atoms with E-state index in [0.29, 0.717) is 24.0 Å². The van der Waals surface area contributed by atoms with Crippen LogP contribution in [0.3, 0.4) is 0 Å². The summed E-state index contributed by atoms with van der Waals surface area (Å²) in [7, 11) is 0. The van der Waals surface area contributed by atoms with Crippen LogP contribution >= 0.6 is 0 Å². The van der Waals surface area contributed by atoms with Crippen molar-refractivity contribution in [3.8, 4) is 5.75 Å². The molecule has 33 heavy (non-hydrogen) atoms. The van der Waals surface area contributed by atoms with Crippen molar-refractivity contribution in [1.82, 2.24) is 5.32 Å². The first-order valence-corrected chi connectivity index (χ1v) is 11.8. The third-order valence-corrected chi connectivity index (χ3v) is 7.12.